The summed E-state index contributed by atoms with van der Waals surface area (Å²) in [6.45, 7) is 0. The Balaban J connectivity index is 2.97. The molecular weight excluding hydrogens is 296 g/mol. The van der Waals surface area contributed by atoms with Crippen LogP contribution in [0.5, 0.6) is 0 Å². The first-order valence-electron chi connectivity index (χ1n) is 5.22. The van der Waals surface area contributed by atoms with E-state index in [0.29, 0.717) is 0 Å². The molecule has 0 unspecified atom stereocenters. The summed E-state index contributed by atoms with van der Waals surface area (Å²) in [5.74, 6) is -15.2. The molecule has 0 spiro atoms. The average molecular weight is 304 g/mol. The molecule has 0 aromatic heterocycles. The lowest BCUT2D eigenvalue weighted by Gasteiger charge is -2.26. The molecule has 0 aliphatic heterocycles. The maximum absolute atomic E-state index is 13.0. The Kier molecular flexibility index (Phi) is 4.45. The van der Waals surface area contributed by atoms with Crippen LogP contribution < -0.4 is 0 Å². The molecule has 0 nitrogen and oxygen atoms in total. The zero-order valence-electron chi connectivity index (χ0n) is 9.69. The summed E-state index contributed by atoms with van der Waals surface area (Å²) in [5, 5.41) is 0. The van der Waals surface area contributed by atoms with Crippen molar-refractivity contribution in [1.82, 2.24) is 0 Å². The molecule has 0 atom stereocenters. The second-order valence-corrected chi connectivity index (χ2v) is 3.89. The molecule has 0 bridgehead atoms. The van der Waals surface area contributed by atoms with E-state index in [1.165, 1.54) is 24.3 Å². The molecule has 0 aliphatic rings. The molecule has 1 rings (SSSR count). The molecule has 0 aliphatic carbocycles. The molecule has 0 N–H and O–H groups in total. The van der Waals surface area contributed by atoms with Crippen LogP contribution in [0.1, 0.15) is 5.56 Å². The van der Waals surface area contributed by atoms with Crippen molar-refractivity contribution in [2.75, 3.05) is 0 Å². The Hall–Kier alpha value is -1.60. The van der Waals surface area contributed by atoms with Gasteiger partial charge in [0.1, 0.15) is 0 Å². The Labute approximate surface area is 108 Å². The molecule has 112 valence electrons. The van der Waals surface area contributed by atoms with Gasteiger partial charge in [-0.3, -0.25) is 0 Å². The van der Waals surface area contributed by atoms with E-state index in [2.05, 4.69) is 0 Å². The number of hydrogen-bond acceptors (Lipinski definition) is 0. The summed E-state index contributed by atoms with van der Waals surface area (Å²) >= 11 is 0. The van der Waals surface area contributed by atoms with Gasteiger partial charge in [0, 0.05) is 0 Å². The Morgan fingerprint density at radius 2 is 1.40 bits per heavy atom. The number of hydrogen-bond donors (Lipinski definition) is 0. The van der Waals surface area contributed by atoms with Crippen LogP contribution in [0.4, 0.5) is 35.1 Å². The summed E-state index contributed by atoms with van der Waals surface area (Å²) < 4.78 is 99.3. The SMILES string of the molecule is F/C(=C/Cc1ccccc1)C(F)(F)C(F)(F)C(F)(F)F. The number of rotatable bonds is 4. The Bertz CT molecular complexity index is 472. The van der Waals surface area contributed by atoms with Gasteiger partial charge in [-0.1, -0.05) is 30.3 Å². The highest BCUT2D eigenvalue weighted by atomic mass is 19.4. The third kappa shape index (κ3) is 3.10. The largest absolute Gasteiger partial charge is 0.460 e. The first-order valence-corrected chi connectivity index (χ1v) is 5.22. The molecular formula is C12H8F8. The monoisotopic (exact) mass is 304 g/mol. The lowest BCUT2D eigenvalue weighted by Crippen LogP contribution is -2.52. The molecule has 20 heavy (non-hydrogen) atoms. The maximum atomic E-state index is 13.0. The minimum absolute atomic E-state index is 0.00891. The van der Waals surface area contributed by atoms with Crippen molar-refractivity contribution in [3.63, 3.8) is 0 Å². The van der Waals surface area contributed by atoms with Gasteiger partial charge in [-0.15, -0.1) is 0 Å². The fourth-order valence-corrected chi connectivity index (χ4v) is 1.28. The number of allylic oxidation sites excluding steroid dienone is 2. The van der Waals surface area contributed by atoms with E-state index in [1.807, 2.05) is 0 Å². The molecule has 0 fully saturated rings. The van der Waals surface area contributed by atoms with Crippen molar-refractivity contribution in [3.8, 4) is 0 Å². The normalized spacial score (nSPS) is 14.5. The van der Waals surface area contributed by atoms with E-state index in [1.54, 1.807) is 6.07 Å². The summed E-state index contributed by atoms with van der Waals surface area (Å²) in [6.07, 6.45) is -7.07. The van der Waals surface area contributed by atoms with Gasteiger partial charge < -0.3 is 0 Å². The Morgan fingerprint density at radius 1 is 0.900 bits per heavy atom. The highest BCUT2D eigenvalue weighted by molar-refractivity contribution is 5.21. The highest BCUT2D eigenvalue weighted by Gasteiger charge is 2.74. The molecule has 0 amide bonds. The summed E-state index contributed by atoms with van der Waals surface area (Å²) in [5.41, 5.74) is 0.286. The number of alkyl halides is 7. The first-order chi connectivity index (χ1) is 9.00. The minimum atomic E-state index is -6.55. The van der Waals surface area contributed by atoms with Crippen molar-refractivity contribution >= 4 is 0 Å². The summed E-state index contributed by atoms with van der Waals surface area (Å²) in [7, 11) is 0. The van der Waals surface area contributed by atoms with Crippen molar-refractivity contribution in [2.45, 2.75) is 24.4 Å². The van der Waals surface area contributed by atoms with Gasteiger partial charge in [0.25, 0.3) is 0 Å². The van der Waals surface area contributed by atoms with Gasteiger partial charge in [-0.2, -0.15) is 30.7 Å². The van der Waals surface area contributed by atoms with Crippen LogP contribution in [-0.2, 0) is 6.42 Å². The fraction of sp³-hybridized carbons (Fsp3) is 0.333. The van der Waals surface area contributed by atoms with Crippen molar-refractivity contribution in [2.24, 2.45) is 0 Å². The second-order valence-electron chi connectivity index (χ2n) is 3.89. The molecule has 0 heterocycles. The van der Waals surface area contributed by atoms with E-state index in [4.69, 9.17) is 0 Å². The van der Waals surface area contributed by atoms with Crippen molar-refractivity contribution in [3.05, 3.63) is 47.8 Å². The smallest absolute Gasteiger partial charge is 0.205 e. The predicted molar refractivity (Wildman–Crippen MR) is 55.3 cm³/mol. The fourth-order valence-electron chi connectivity index (χ4n) is 1.28. The zero-order valence-corrected chi connectivity index (χ0v) is 9.69. The number of halogens is 8. The van der Waals surface area contributed by atoms with E-state index >= 15 is 0 Å². The summed E-state index contributed by atoms with van der Waals surface area (Å²) in [6, 6.07) is 7.27. The lowest BCUT2D eigenvalue weighted by atomic mass is 10.1. The number of benzene rings is 1. The van der Waals surface area contributed by atoms with Crippen LogP contribution >= 0.6 is 0 Å². The second kappa shape index (κ2) is 5.41. The van der Waals surface area contributed by atoms with Gasteiger partial charge in [-0.25, -0.2) is 4.39 Å². The van der Waals surface area contributed by atoms with Crippen LogP contribution in [0.15, 0.2) is 42.2 Å². The van der Waals surface area contributed by atoms with Gasteiger partial charge in [0.05, 0.1) is 0 Å². The standard InChI is InChI=1S/C12H8F8/c13-9(7-6-8-4-2-1-3-5-8)10(14,15)11(16,17)12(18,19)20/h1-5,7H,6H2/b9-7+. The maximum Gasteiger partial charge on any atom is 0.460 e. The third-order valence-electron chi connectivity index (χ3n) is 2.41. The summed E-state index contributed by atoms with van der Waals surface area (Å²) in [4.78, 5) is 0. The molecule has 1 aromatic carbocycles. The predicted octanol–water partition coefficient (Wildman–Crippen LogP) is 4.92. The molecule has 8 heteroatoms. The molecule has 0 saturated heterocycles. The molecule has 0 radical (unpaired) electrons. The van der Waals surface area contributed by atoms with E-state index < -0.39 is 30.3 Å². The van der Waals surface area contributed by atoms with E-state index in [9.17, 15) is 35.1 Å². The minimum Gasteiger partial charge on any atom is -0.205 e. The average Bonchev–Trinajstić information content (AvgIpc) is 2.35. The Morgan fingerprint density at radius 3 is 1.85 bits per heavy atom. The van der Waals surface area contributed by atoms with Crippen LogP contribution in [0.25, 0.3) is 0 Å². The van der Waals surface area contributed by atoms with E-state index in [0.717, 1.165) is 0 Å². The van der Waals surface area contributed by atoms with Crippen LogP contribution in [0.2, 0.25) is 0 Å². The van der Waals surface area contributed by atoms with Crippen molar-refractivity contribution < 1.29 is 35.1 Å². The van der Waals surface area contributed by atoms with Crippen LogP contribution in [0, 0.1) is 0 Å². The van der Waals surface area contributed by atoms with Gasteiger partial charge >= 0.3 is 18.0 Å². The topological polar surface area (TPSA) is 0 Å². The van der Waals surface area contributed by atoms with Gasteiger partial charge in [0.2, 0.25) is 0 Å². The van der Waals surface area contributed by atoms with Crippen LogP contribution in [0.3, 0.4) is 0 Å². The van der Waals surface area contributed by atoms with Gasteiger partial charge in [-0.05, 0) is 18.1 Å². The molecule has 0 saturated carbocycles. The quantitative estimate of drug-likeness (QED) is 0.693. The van der Waals surface area contributed by atoms with Crippen molar-refractivity contribution in [1.29, 1.82) is 0 Å². The zero-order chi connectivity index (χ0) is 15.6. The third-order valence-corrected chi connectivity index (χ3v) is 2.41. The van der Waals surface area contributed by atoms with Gasteiger partial charge in [0.15, 0.2) is 5.83 Å². The lowest BCUT2D eigenvalue weighted by molar-refractivity contribution is -0.347. The highest BCUT2D eigenvalue weighted by Crippen LogP contribution is 2.50. The van der Waals surface area contributed by atoms with Crippen LogP contribution in [-0.4, -0.2) is 18.0 Å². The first kappa shape index (κ1) is 16.5. The molecule has 1 aromatic rings. The van der Waals surface area contributed by atoms with E-state index in [-0.39, 0.29) is 11.6 Å².